The maximum absolute atomic E-state index is 12.0. The number of urea groups is 1. The van der Waals surface area contributed by atoms with Crippen LogP contribution in [0, 0.1) is 5.92 Å². The van der Waals surface area contributed by atoms with Crippen LogP contribution in [0.4, 0.5) is 10.7 Å². The molecule has 1 aromatic heterocycles. The number of imide groups is 1. The highest BCUT2D eigenvalue weighted by molar-refractivity contribution is 7.99. The average Bonchev–Trinajstić information content (AvgIpc) is 3.34. The number of amides is 3. The Morgan fingerprint density at radius 3 is 2.43 bits per heavy atom. The van der Waals surface area contributed by atoms with Gasteiger partial charge in [0.05, 0.1) is 0 Å². The van der Waals surface area contributed by atoms with Gasteiger partial charge in [0.1, 0.15) is 0 Å². The first-order valence-electron chi connectivity index (χ1n) is 10.2. The Kier molecular flexibility index (Phi) is 6.52. The third-order valence-corrected chi connectivity index (χ3v) is 5.87. The normalized spacial score (nSPS) is 18.2. The zero-order valence-corrected chi connectivity index (χ0v) is 18.1. The molecule has 0 aromatic carbocycles. The predicted molar refractivity (Wildman–Crippen MR) is 111 cm³/mol. The summed E-state index contributed by atoms with van der Waals surface area (Å²) in [7, 11) is 0. The number of piperidine rings is 1. The molecule has 1 saturated carbocycles. The quantitative estimate of drug-likeness (QED) is 0.703. The Morgan fingerprint density at radius 1 is 1.14 bits per heavy atom. The van der Waals surface area contributed by atoms with E-state index in [9.17, 15) is 9.59 Å². The molecule has 2 fully saturated rings. The molecule has 28 heavy (non-hydrogen) atoms. The molecule has 1 aliphatic carbocycles. The number of hydrogen-bond acceptors (Lipinski definition) is 6. The molecular formula is C19H32N6O2S. The monoisotopic (exact) mass is 408 g/mol. The van der Waals surface area contributed by atoms with Crippen molar-refractivity contribution in [1.29, 1.82) is 0 Å². The minimum Gasteiger partial charge on any atom is -0.341 e. The fraction of sp³-hybridized carbons (Fsp3) is 0.789. The molecule has 1 saturated heterocycles. The van der Waals surface area contributed by atoms with E-state index < -0.39 is 6.03 Å². The maximum Gasteiger partial charge on any atom is 0.321 e. The van der Waals surface area contributed by atoms with Crippen molar-refractivity contribution in [3.63, 3.8) is 0 Å². The number of carbonyl (C=O) groups is 2. The van der Waals surface area contributed by atoms with E-state index >= 15 is 0 Å². The lowest BCUT2D eigenvalue weighted by molar-refractivity contribution is -0.119. The van der Waals surface area contributed by atoms with Crippen LogP contribution in [0.2, 0.25) is 0 Å². The lowest BCUT2D eigenvalue weighted by atomic mass is 10.00. The van der Waals surface area contributed by atoms with E-state index in [4.69, 9.17) is 0 Å². The van der Waals surface area contributed by atoms with Crippen molar-refractivity contribution >= 4 is 29.6 Å². The lowest BCUT2D eigenvalue weighted by Gasteiger charge is -2.31. The zero-order chi connectivity index (χ0) is 20.3. The number of rotatable bonds is 6. The first kappa shape index (κ1) is 21.0. The second kappa shape index (κ2) is 8.71. The van der Waals surface area contributed by atoms with Crippen LogP contribution in [-0.4, -0.2) is 51.1 Å². The van der Waals surface area contributed by atoms with E-state index in [1.807, 2.05) is 20.8 Å². The Balaban J connectivity index is 1.52. The molecule has 3 rings (SSSR count). The smallest absolute Gasteiger partial charge is 0.321 e. The van der Waals surface area contributed by atoms with Gasteiger partial charge in [-0.05, 0) is 52.4 Å². The van der Waals surface area contributed by atoms with Gasteiger partial charge in [0.15, 0.2) is 5.16 Å². The molecule has 156 valence electrons. The molecule has 2 heterocycles. The van der Waals surface area contributed by atoms with E-state index in [-0.39, 0.29) is 17.9 Å². The average molecular weight is 409 g/mol. The number of thioether (sulfide) groups is 1. The third-order valence-electron chi connectivity index (χ3n) is 4.93. The Hall–Kier alpha value is -1.77. The van der Waals surface area contributed by atoms with Crippen LogP contribution in [0.5, 0.6) is 0 Å². The van der Waals surface area contributed by atoms with Crippen molar-refractivity contribution < 1.29 is 9.59 Å². The molecular weight excluding hydrogens is 376 g/mol. The van der Waals surface area contributed by atoms with E-state index in [0.717, 1.165) is 43.0 Å². The van der Waals surface area contributed by atoms with E-state index in [1.165, 1.54) is 24.6 Å². The fourth-order valence-corrected chi connectivity index (χ4v) is 4.18. The van der Waals surface area contributed by atoms with Gasteiger partial charge < -0.3 is 10.2 Å². The third kappa shape index (κ3) is 5.86. The van der Waals surface area contributed by atoms with Crippen LogP contribution in [0.25, 0.3) is 0 Å². The van der Waals surface area contributed by atoms with Crippen molar-refractivity contribution in [2.75, 3.05) is 23.7 Å². The lowest BCUT2D eigenvalue weighted by Crippen LogP contribution is -2.48. The van der Waals surface area contributed by atoms with Crippen LogP contribution < -0.4 is 15.5 Å². The standard InChI is InChI=1S/C19H32N6O2S/c1-13-7-10-24(11-8-13)17-22-23-18(25(17)14-5-6-14)28-12-9-15(26)20-16(27)21-19(2,3)4/h13-14H,5-12H2,1-4H3,(H2,20,21,26,27). The number of anilines is 1. The molecule has 3 amide bonds. The van der Waals surface area contributed by atoms with Gasteiger partial charge in [0.25, 0.3) is 0 Å². The summed E-state index contributed by atoms with van der Waals surface area (Å²) in [6.07, 6.45) is 4.97. The predicted octanol–water partition coefficient (Wildman–Crippen LogP) is 2.96. The van der Waals surface area contributed by atoms with Gasteiger partial charge in [-0.2, -0.15) is 0 Å². The Labute approximate surface area is 171 Å². The van der Waals surface area contributed by atoms with Crippen LogP contribution in [0.1, 0.15) is 65.8 Å². The highest BCUT2D eigenvalue weighted by Gasteiger charge is 2.32. The molecule has 2 N–H and O–H groups in total. The van der Waals surface area contributed by atoms with Gasteiger partial charge in [0.2, 0.25) is 11.9 Å². The van der Waals surface area contributed by atoms with Gasteiger partial charge in [-0.25, -0.2) is 4.79 Å². The van der Waals surface area contributed by atoms with Crippen molar-refractivity contribution in [2.24, 2.45) is 5.92 Å². The van der Waals surface area contributed by atoms with Gasteiger partial charge in [0, 0.05) is 36.8 Å². The molecule has 0 atom stereocenters. The van der Waals surface area contributed by atoms with E-state index in [0.29, 0.717) is 11.8 Å². The van der Waals surface area contributed by atoms with Gasteiger partial charge in [-0.1, -0.05) is 18.7 Å². The van der Waals surface area contributed by atoms with Crippen LogP contribution in [0.3, 0.4) is 0 Å². The van der Waals surface area contributed by atoms with Crippen molar-refractivity contribution in [3.8, 4) is 0 Å². The minimum atomic E-state index is -0.453. The molecule has 0 spiro atoms. The summed E-state index contributed by atoms with van der Waals surface area (Å²) >= 11 is 1.54. The zero-order valence-electron chi connectivity index (χ0n) is 17.3. The van der Waals surface area contributed by atoms with Crippen LogP contribution in [0.15, 0.2) is 5.16 Å². The molecule has 0 bridgehead atoms. The summed E-state index contributed by atoms with van der Waals surface area (Å²) in [4.78, 5) is 26.1. The summed E-state index contributed by atoms with van der Waals surface area (Å²) in [5, 5.41) is 14.8. The molecule has 1 aromatic rings. The largest absolute Gasteiger partial charge is 0.341 e. The highest BCUT2D eigenvalue weighted by Crippen LogP contribution is 2.41. The number of nitrogens with zero attached hydrogens (tertiary/aromatic N) is 4. The van der Waals surface area contributed by atoms with Crippen LogP contribution in [-0.2, 0) is 4.79 Å². The SMILES string of the molecule is CC1CCN(c2nnc(SCCC(=O)NC(=O)NC(C)(C)C)n2C2CC2)CC1. The minimum absolute atomic E-state index is 0.260. The molecule has 0 unspecified atom stereocenters. The maximum atomic E-state index is 12.0. The van der Waals surface area contributed by atoms with Gasteiger partial charge >= 0.3 is 6.03 Å². The summed E-state index contributed by atoms with van der Waals surface area (Å²) < 4.78 is 2.25. The Bertz CT molecular complexity index is 702. The number of carbonyl (C=O) groups excluding carboxylic acids is 2. The summed E-state index contributed by atoms with van der Waals surface area (Å²) in [5.41, 5.74) is -0.373. The molecule has 2 aliphatic rings. The van der Waals surface area contributed by atoms with Gasteiger partial charge in [-0.15, -0.1) is 10.2 Å². The molecule has 1 aliphatic heterocycles. The van der Waals surface area contributed by atoms with Crippen LogP contribution >= 0.6 is 11.8 Å². The summed E-state index contributed by atoms with van der Waals surface area (Å²) in [5.74, 6) is 2.04. The fourth-order valence-electron chi connectivity index (χ4n) is 3.24. The van der Waals surface area contributed by atoms with Gasteiger partial charge in [-0.3, -0.25) is 14.7 Å². The second-order valence-corrected chi connectivity index (χ2v) is 9.97. The second-order valence-electron chi connectivity index (χ2n) is 8.90. The topological polar surface area (TPSA) is 92.2 Å². The van der Waals surface area contributed by atoms with Crippen molar-refractivity contribution in [2.45, 2.75) is 76.5 Å². The molecule has 8 nitrogen and oxygen atoms in total. The first-order chi connectivity index (χ1) is 13.2. The van der Waals surface area contributed by atoms with Crippen molar-refractivity contribution in [1.82, 2.24) is 25.4 Å². The summed E-state index contributed by atoms with van der Waals surface area (Å²) in [6, 6.07) is 0.0310. The Morgan fingerprint density at radius 2 is 1.82 bits per heavy atom. The van der Waals surface area contributed by atoms with E-state index in [1.54, 1.807) is 0 Å². The van der Waals surface area contributed by atoms with E-state index in [2.05, 4.69) is 37.2 Å². The number of nitrogens with one attached hydrogen (secondary N) is 2. The first-order valence-corrected chi connectivity index (χ1v) is 11.2. The number of hydrogen-bond donors (Lipinski definition) is 2. The van der Waals surface area contributed by atoms with Crippen molar-refractivity contribution in [3.05, 3.63) is 0 Å². The molecule has 9 heteroatoms. The summed E-state index contributed by atoms with van der Waals surface area (Å²) in [6.45, 7) is 9.98. The highest BCUT2D eigenvalue weighted by atomic mass is 32.2. The molecule has 0 radical (unpaired) electrons. The number of aromatic nitrogens is 3.